The standard InChI is InChI=1S/C11H18N4O3S/c1-14(2)19(16,17)15-7-4-10(5-8-15)18-11-3-6-12-9-13-11/h3,6,9-10H,4-5,7-8H2,1-2H3. The van der Waals surface area contributed by atoms with Crippen molar-refractivity contribution < 1.29 is 13.2 Å². The summed E-state index contributed by atoms with van der Waals surface area (Å²) in [6.07, 6.45) is 4.38. The van der Waals surface area contributed by atoms with Crippen molar-refractivity contribution in [1.29, 1.82) is 0 Å². The van der Waals surface area contributed by atoms with Crippen LogP contribution in [0.3, 0.4) is 0 Å². The molecule has 0 spiro atoms. The first kappa shape index (κ1) is 14.2. The van der Waals surface area contributed by atoms with E-state index in [1.54, 1.807) is 26.4 Å². The third-order valence-electron chi connectivity index (χ3n) is 3.03. The molecule has 7 nitrogen and oxygen atoms in total. The summed E-state index contributed by atoms with van der Waals surface area (Å²) >= 11 is 0. The van der Waals surface area contributed by atoms with Crippen molar-refractivity contribution in [2.45, 2.75) is 18.9 Å². The summed E-state index contributed by atoms with van der Waals surface area (Å²) in [5, 5.41) is 0. The molecule has 106 valence electrons. The Morgan fingerprint density at radius 2 is 2.05 bits per heavy atom. The Balaban J connectivity index is 1.90. The van der Waals surface area contributed by atoms with E-state index in [4.69, 9.17) is 4.74 Å². The minimum Gasteiger partial charge on any atom is -0.474 e. The van der Waals surface area contributed by atoms with Gasteiger partial charge in [0.15, 0.2) is 0 Å². The lowest BCUT2D eigenvalue weighted by molar-refractivity contribution is 0.127. The molecule has 0 radical (unpaired) electrons. The van der Waals surface area contributed by atoms with Gasteiger partial charge in [0.25, 0.3) is 10.2 Å². The van der Waals surface area contributed by atoms with Crippen LogP contribution in [0.5, 0.6) is 5.88 Å². The first-order valence-corrected chi connectivity index (χ1v) is 7.50. The Morgan fingerprint density at radius 3 is 2.58 bits per heavy atom. The van der Waals surface area contributed by atoms with Crippen molar-refractivity contribution in [2.75, 3.05) is 27.2 Å². The second kappa shape index (κ2) is 5.81. The lowest BCUT2D eigenvalue weighted by Gasteiger charge is -2.32. The molecule has 1 aromatic rings. The fourth-order valence-electron chi connectivity index (χ4n) is 1.93. The molecule has 0 bridgehead atoms. The number of nitrogens with zero attached hydrogens (tertiary/aromatic N) is 4. The van der Waals surface area contributed by atoms with Gasteiger partial charge in [-0.25, -0.2) is 9.97 Å². The lowest BCUT2D eigenvalue weighted by atomic mass is 10.1. The summed E-state index contributed by atoms with van der Waals surface area (Å²) in [6, 6.07) is 1.70. The molecule has 2 rings (SSSR count). The molecule has 0 unspecified atom stereocenters. The Bertz CT molecular complexity index is 498. The third-order valence-corrected chi connectivity index (χ3v) is 4.97. The Kier molecular flexibility index (Phi) is 4.33. The van der Waals surface area contributed by atoms with E-state index in [0.29, 0.717) is 31.8 Å². The van der Waals surface area contributed by atoms with Crippen LogP contribution in [-0.2, 0) is 10.2 Å². The van der Waals surface area contributed by atoms with E-state index in [1.807, 2.05) is 0 Å². The van der Waals surface area contributed by atoms with E-state index in [0.717, 1.165) is 0 Å². The van der Waals surface area contributed by atoms with Gasteiger partial charge in [-0.1, -0.05) is 0 Å². The second-order valence-electron chi connectivity index (χ2n) is 4.55. The summed E-state index contributed by atoms with van der Waals surface area (Å²) < 4.78 is 32.3. The second-order valence-corrected chi connectivity index (χ2v) is 6.70. The minimum absolute atomic E-state index is 0.00325. The highest BCUT2D eigenvalue weighted by molar-refractivity contribution is 7.86. The zero-order valence-corrected chi connectivity index (χ0v) is 11.9. The van der Waals surface area contributed by atoms with Crippen LogP contribution in [0.1, 0.15) is 12.8 Å². The van der Waals surface area contributed by atoms with Gasteiger partial charge in [0.2, 0.25) is 5.88 Å². The first-order valence-electron chi connectivity index (χ1n) is 6.10. The Hall–Kier alpha value is -1.25. The summed E-state index contributed by atoms with van der Waals surface area (Å²) in [4.78, 5) is 7.81. The molecule has 1 aliphatic rings. The number of rotatable bonds is 4. The molecule has 1 fully saturated rings. The van der Waals surface area contributed by atoms with Crippen LogP contribution in [0.4, 0.5) is 0 Å². The number of ether oxygens (including phenoxy) is 1. The lowest BCUT2D eigenvalue weighted by Crippen LogP contribution is -2.46. The van der Waals surface area contributed by atoms with Gasteiger partial charge in [0, 0.05) is 39.4 Å². The minimum atomic E-state index is -3.31. The highest BCUT2D eigenvalue weighted by Crippen LogP contribution is 2.19. The molecule has 0 saturated carbocycles. The number of aromatic nitrogens is 2. The van der Waals surface area contributed by atoms with Gasteiger partial charge in [-0.05, 0) is 12.8 Å². The third kappa shape index (κ3) is 3.40. The van der Waals surface area contributed by atoms with Crippen molar-refractivity contribution in [3.63, 3.8) is 0 Å². The van der Waals surface area contributed by atoms with Crippen molar-refractivity contribution in [1.82, 2.24) is 18.6 Å². The highest BCUT2D eigenvalue weighted by atomic mass is 32.2. The molecule has 1 aliphatic heterocycles. The predicted octanol–water partition coefficient (Wildman–Crippen LogP) is 0.126. The van der Waals surface area contributed by atoms with E-state index in [-0.39, 0.29) is 6.10 Å². The molecule has 2 heterocycles. The molecule has 19 heavy (non-hydrogen) atoms. The Labute approximate surface area is 113 Å². The van der Waals surface area contributed by atoms with Crippen molar-refractivity contribution in [3.05, 3.63) is 18.6 Å². The fraction of sp³-hybridized carbons (Fsp3) is 0.636. The summed E-state index contributed by atoms with van der Waals surface area (Å²) in [5.41, 5.74) is 0. The van der Waals surface area contributed by atoms with Crippen LogP contribution in [0.2, 0.25) is 0 Å². The number of piperidine rings is 1. The molecule has 8 heteroatoms. The quantitative estimate of drug-likeness (QED) is 0.786. The molecule has 0 amide bonds. The van der Waals surface area contributed by atoms with E-state index in [1.165, 1.54) is 14.9 Å². The molecule has 0 aliphatic carbocycles. The van der Waals surface area contributed by atoms with E-state index in [2.05, 4.69) is 9.97 Å². The summed E-state index contributed by atoms with van der Waals surface area (Å²) in [5.74, 6) is 0.531. The number of hydrogen-bond donors (Lipinski definition) is 0. The zero-order chi connectivity index (χ0) is 13.9. The average molecular weight is 286 g/mol. The van der Waals surface area contributed by atoms with E-state index >= 15 is 0 Å². The van der Waals surface area contributed by atoms with Crippen molar-refractivity contribution >= 4 is 10.2 Å². The zero-order valence-electron chi connectivity index (χ0n) is 11.1. The molecule has 0 aromatic carbocycles. The van der Waals surface area contributed by atoms with Crippen LogP contribution in [-0.4, -0.2) is 60.3 Å². The highest BCUT2D eigenvalue weighted by Gasteiger charge is 2.30. The predicted molar refractivity (Wildman–Crippen MR) is 69.9 cm³/mol. The van der Waals surface area contributed by atoms with Gasteiger partial charge in [-0.3, -0.25) is 0 Å². The van der Waals surface area contributed by atoms with Crippen molar-refractivity contribution in [2.24, 2.45) is 0 Å². The van der Waals surface area contributed by atoms with Crippen LogP contribution >= 0.6 is 0 Å². The van der Waals surface area contributed by atoms with Crippen LogP contribution in [0, 0.1) is 0 Å². The topological polar surface area (TPSA) is 75.6 Å². The summed E-state index contributed by atoms with van der Waals surface area (Å²) in [6.45, 7) is 0.937. The van der Waals surface area contributed by atoms with Gasteiger partial charge in [-0.15, -0.1) is 0 Å². The first-order chi connectivity index (χ1) is 9.00. The van der Waals surface area contributed by atoms with E-state index in [9.17, 15) is 8.42 Å². The van der Waals surface area contributed by atoms with Crippen molar-refractivity contribution in [3.8, 4) is 5.88 Å². The van der Waals surface area contributed by atoms with Crippen LogP contribution in [0.15, 0.2) is 18.6 Å². The van der Waals surface area contributed by atoms with E-state index < -0.39 is 10.2 Å². The molecular formula is C11H18N4O3S. The maximum atomic E-state index is 11.9. The Morgan fingerprint density at radius 1 is 1.37 bits per heavy atom. The van der Waals surface area contributed by atoms with Gasteiger partial charge < -0.3 is 4.74 Å². The number of hydrogen-bond acceptors (Lipinski definition) is 5. The normalized spacial score (nSPS) is 18.7. The van der Waals surface area contributed by atoms with Crippen LogP contribution < -0.4 is 4.74 Å². The SMILES string of the molecule is CN(C)S(=O)(=O)N1CCC(Oc2ccncn2)CC1. The molecular weight excluding hydrogens is 268 g/mol. The maximum absolute atomic E-state index is 11.9. The summed E-state index contributed by atoms with van der Waals surface area (Å²) in [7, 11) is -0.230. The smallest absolute Gasteiger partial charge is 0.281 e. The fourth-order valence-corrected chi connectivity index (χ4v) is 3.06. The molecule has 1 saturated heterocycles. The molecule has 0 atom stereocenters. The van der Waals surface area contributed by atoms with Gasteiger partial charge in [0.1, 0.15) is 12.4 Å². The monoisotopic (exact) mass is 286 g/mol. The van der Waals surface area contributed by atoms with Gasteiger partial charge in [-0.2, -0.15) is 17.0 Å². The molecule has 1 aromatic heterocycles. The van der Waals surface area contributed by atoms with Gasteiger partial charge >= 0.3 is 0 Å². The van der Waals surface area contributed by atoms with Crippen LogP contribution in [0.25, 0.3) is 0 Å². The largest absolute Gasteiger partial charge is 0.474 e. The van der Waals surface area contributed by atoms with Gasteiger partial charge in [0.05, 0.1) is 0 Å². The molecule has 0 N–H and O–H groups in total. The average Bonchev–Trinajstić information content (AvgIpc) is 2.40. The maximum Gasteiger partial charge on any atom is 0.281 e.